The quantitative estimate of drug-likeness (QED) is 0.584. The van der Waals surface area contributed by atoms with E-state index in [1.165, 1.54) is 6.08 Å². The fraction of sp³-hybridized carbons (Fsp3) is 0.111. The number of H-pyrrole nitrogens is 1. The van der Waals surface area contributed by atoms with Gasteiger partial charge in [0.25, 0.3) is 11.8 Å². The van der Waals surface area contributed by atoms with Gasteiger partial charge in [-0.3, -0.25) is 20.4 Å². The third-order valence-electron chi connectivity index (χ3n) is 3.66. The van der Waals surface area contributed by atoms with Crippen molar-refractivity contribution >= 4 is 34.3 Å². The largest absolute Gasteiger partial charge is 0.376 e. The number of nitrogens with zero attached hydrogens (tertiary/aromatic N) is 1. The van der Waals surface area contributed by atoms with Crippen LogP contribution in [0.3, 0.4) is 0 Å². The number of carbonyl (C=O) groups excluding carboxylic acids is 2. The Hall–Kier alpha value is -2.99. The first-order valence-corrected chi connectivity index (χ1v) is 8.03. The van der Waals surface area contributed by atoms with Gasteiger partial charge >= 0.3 is 0 Å². The van der Waals surface area contributed by atoms with Crippen LogP contribution in [0.25, 0.3) is 10.9 Å². The molecule has 0 aliphatic carbocycles. The van der Waals surface area contributed by atoms with Gasteiger partial charge in [0.2, 0.25) is 0 Å². The summed E-state index contributed by atoms with van der Waals surface area (Å²) in [6.07, 6.45) is 8.88. The molecule has 25 heavy (non-hydrogen) atoms. The molecule has 0 atom stereocenters. The molecule has 2 amide bonds. The minimum Gasteiger partial charge on any atom is -0.376 e. The molecule has 1 aliphatic heterocycles. The second kappa shape index (κ2) is 7.27. The fourth-order valence-corrected chi connectivity index (χ4v) is 2.63. The Kier molecular flexibility index (Phi) is 4.90. The number of halogens is 1. The summed E-state index contributed by atoms with van der Waals surface area (Å²) in [4.78, 5) is 28.9. The first kappa shape index (κ1) is 16.9. The third kappa shape index (κ3) is 4.30. The Balaban J connectivity index is 1.56. The molecule has 0 radical (unpaired) electrons. The van der Waals surface area contributed by atoms with Crippen molar-refractivity contribution in [1.29, 1.82) is 0 Å². The number of aromatic nitrogens is 1. The first-order valence-electron chi connectivity index (χ1n) is 7.65. The van der Waals surface area contributed by atoms with Gasteiger partial charge in [-0.05, 0) is 42.1 Å². The highest BCUT2D eigenvalue weighted by Crippen LogP contribution is 2.19. The molecule has 0 unspecified atom stereocenters. The van der Waals surface area contributed by atoms with E-state index >= 15 is 0 Å². The SMILES string of the molecule is CN1C=CC=C(/C=C/C(=O)NNC(=O)c2cc3cc(Cl)ccc3[nH]2)C1. The fourth-order valence-electron chi connectivity index (χ4n) is 2.45. The van der Waals surface area contributed by atoms with Gasteiger partial charge in [-0.15, -0.1) is 0 Å². The lowest BCUT2D eigenvalue weighted by Crippen LogP contribution is -2.40. The van der Waals surface area contributed by atoms with E-state index in [4.69, 9.17) is 11.6 Å². The zero-order chi connectivity index (χ0) is 17.8. The van der Waals surface area contributed by atoms with Crippen LogP contribution >= 0.6 is 11.6 Å². The average molecular weight is 357 g/mol. The van der Waals surface area contributed by atoms with Crippen molar-refractivity contribution in [2.24, 2.45) is 0 Å². The van der Waals surface area contributed by atoms with Gasteiger partial charge in [0, 0.05) is 35.6 Å². The number of hydrogen-bond donors (Lipinski definition) is 3. The molecule has 1 aromatic carbocycles. The number of nitrogens with one attached hydrogen (secondary N) is 3. The molecule has 0 spiro atoms. The molecular weight excluding hydrogens is 340 g/mol. The second-order valence-electron chi connectivity index (χ2n) is 5.69. The van der Waals surface area contributed by atoms with Crippen LogP contribution in [0.4, 0.5) is 0 Å². The molecule has 1 aliphatic rings. The van der Waals surface area contributed by atoms with Gasteiger partial charge in [0.1, 0.15) is 5.69 Å². The number of carbonyl (C=O) groups is 2. The van der Waals surface area contributed by atoms with Gasteiger partial charge in [0.15, 0.2) is 0 Å². The zero-order valence-corrected chi connectivity index (χ0v) is 14.3. The highest BCUT2D eigenvalue weighted by Gasteiger charge is 2.10. The molecule has 2 aromatic rings. The van der Waals surface area contributed by atoms with E-state index in [-0.39, 0.29) is 0 Å². The van der Waals surface area contributed by atoms with Crippen LogP contribution in [-0.4, -0.2) is 35.3 Å². The minimum atomic E-state index is -0.436. The highest BCUT2D eigenvalue weighted by atomic mass is 35.5. The van der Waals surface area contributed by atoms with Crippen molar-refractivity contribution in [2.75, 3.05) is 13.6 Å². The van der Waals surface area contributed by atoms with Crippen LogP contribution < -0.4 is 10.9 Å². The predicted octanol–water partition coefficient (Wildman–Crippen LogP) is 2.52. The molecule has 1 aromatic heterocycles. The lowest BCUT2D eigenvalue weighted by atomic mass is 10.2. The molecule has 0 saturated carbocycles. The summed E-state index contributed by atoms with van der Waals surface area (Å²) in [6, 6.07) is 6.96. The lowest BCUT2D eigenvalue weighted by Gasteiger charge is -2.17. The van der Waals surface area contributed by atoms with E-state index < -0.39 is 11.8 Å². The summed E-state index contributed by atoms with van der Waals surface area (Å²) in [5.41, 5.74) is 6.86. The van der Waals surface area contributed by atoms with Crippen molar-refractivity contribution in [1.82, 2.24) is 20.7 Å². The maximum atomic E-state index is 12.1. The summed E-state index contributed by atoms with van der Waals surface area (Å²) in [7, 11) is 1.95. The molecule has 7 heteroatoms. The van der Waals surface area contributed by atoms with Crippen LogP contribution in [0.1, 0.15) is 10.5 Å². The number of hydrogen-bond acceptors (Lipinski definition) is 3. The van der Waals surface area contributed by atoms with Gasteiger partial charge in [-0.2, -0.15) is 0 Å². The monoisotopic (exact) mass is 356 g/mol. The van der Waals surface area contributed by atoms with Crippen LogP contribution in [0.15, 0.2) is 60.3 Å². The topological polar surface area (TPSA) is 77.2 Å². The Labute approximate surface area is 149 Å². The van der Waals surface area contributed by atoms with E-state index in [9.17, 15) is 9.59 Å². The molecule has 6 nitrogen and oxygen atoms in total. The van der Waals surface area contributed by atoms with Gasteiger partial charge in [-0.25, -0.2) is 0 Å². The van der Waals surface area contributed by atoms with Gasteiger partial charge in [-0.1, -0.05) is 23.8 Å². The second-order valence-corrected chi connectivity index (χ2v) is 6.13. The number of likely N-dealkylation sites (N-methyl/N-ethyl adjacent to an activating group) is 1. The predicted molar refractivity (Wildman–Crippen MR) is 97.9 cm³/mol. The molecule has 0 bridgehead atoms. The molecule has 2 heterocycles. The highest BCUT2D eigenvalue weighted by molar-refractivity contribution is 6.31. The molecule has 0 saturated heterocycles. The van der Waals surface area contributed by atoms with E-state index in [1.54, 1.807) is 30.3 Å². The number of fused-ring (bicyclic) bond motifs is 1. The van der Waals surface area contributed by atoms with Crippen molar-refractivity contribution in [3.8, 4) is 0 Å². The van der Waals surface area contributed by atoms with Crippen LogP contribution in [0.2, 0.25) is 5.02 Å². The normalized spacial score (nSPS) is 14.0. The smallest absolute Gasteiger partial charge is 0.286 e. The molecule has 3 N–H and O–H groups in total. The number of amides is 2. The Morgan fingerprint density at radius 1 is 1.28 bits per heavy atom. The van der Waals surface area contributed by atoms with Crippen LogP contribution in [-0.2, 0) is 4.79 Å². The molecule has 0 fully saturated rings. The lowest BCUT2D eigenvalue weighted by molar-refractivity contribution is -0.117. The van der Waals surface area contributed by atoms with Crippen LogP contribution in [0.5, 0.6) is 0 Å². The number of rotatable bonds is 3. The summed E-state index contributed by atoms with van der Waals surface area (Å²) in [5, 5.41) is 1.42. The standard InChI is InChI=1S/C18H17ClN4O2/c1-23-8-2-3-12(11-23)4-7-17(24)21-22-18(25)16-10-13-9-14(19)5-6-15(13)20-16/h2-10,20H,11H2,1H3,(H,21,24)(H,22,25)/b7-4+. The number of hydrazine groups is 1. The van der Waals surface area contributed by atoms with Gasteiger partial charge in [0.05, 0.1) is 0 Å². The summed E-state index contributed by atoms with van der Waals surface area (Å²) < 4.78 is 0. The maximum Gasteiger partial charge on any atom is 0.286 e. The number of benzene rings is 1. The summed E-state index contributed by atoms with van der Waals surface area (Å²) in [6.45, 7) is 0.726. The molecular formula is C18H17ClN4O2. The number of aromatic amines is 1. The first-order chi connectivity index (χ1) is 12.0. The Bertz CT molecular complexity index is 911. The van der Waals surface area contributed by atoms with E-state index in [2.05, 4.69) is 15.8 Å². The van der Waals surface area contributed by atoms with Crippen molar-refractivity contribution in [2.45, 2.75) is 0 Å². The maximum absolute atomic E-state index is 12.1. The number of allylic oxidation sites excluding steroid dienone is 2. The van der Waals surface area contributed by atoms with Crippen LogP contribution in [0, 0.1) is 0 Å². The minimum absolute atomic E-state index is 0.336. The summed E-state index contributed by atoms with van der Waals surface area (Å²) >= 11 is 5.93. The average Bonchev–Trinajstić information content (AvgIpc) is 3.01. The van der Waals surface area contributed by atoms with Gasteiger partial charge < -0.3 is 9.88 Å². The van der Waals surface area contributed by atoms with Crippen molar-refractivity contribution in [3.05, 3.63) is 71.1 Å². The van der Waals surface area contributed by atoms with E-state index in [0.29, 0.717) is 10.7 Å². The Morgan fingerprint density at radius 2 is 2.12 bits per heavy atom. The Morgan fingerprint density at radius 3 is 2.92 bits per heavy atom. The van der Waals surface area contributed by atoms with E-state index in [1.807, 2.05) is 30.3 Å². The molecule has 3 rings (SSSR count). The van der Waals surface area contributed by atoms with Crippen molar-refractivity contribution in [3.63, 3.8) is 0 Å². The van der Waals surface area contributed by atoms with E-state index in [0.717, 1.165) is 23.0 Å². The third-order valence-corrected chi connectivity index (χ3v) is 3.89. The van der Waals surface area contributed by atoms with Crippen molar-refractivity contribution < 1.29 is 9.59 Å². The molecule has 128 valence electrons. The zero-order valence-electron chi connectivity index (χ0n) is 13.5. The summed E-state index contributed by atoms with van der Waals surface area (Å²) in [5.74, 6) is -0.848.